The molecule has 3 rings (SSSR count). The number of rotatable bonds is 7. The molecule has 0 saturated heterocycles. The first-order valence-electron chi connectivity index (χ1n) is 8.83. The smallest absolute Gasteiger partial charge is 0.407 e. The lowest BCUT2D eigenvalue weighted by molar-refractivity contribution is -0.0482. The fraction of sp³-hybridized carbons (Fsp3) is 0.316. The van der Waals surface area contributed by atoms with Gasteiger partial charge < -0.3 is 24.8 Å². The summed E-state index contributed by atoms with van der Waals surface area (Å²) in [5, 5.41) is 22.9. The van der Waals surface area contributed by atoms with Crippen LogP contribution in [0.5, 0.6) is 0 Å². The molecular weight excluding hydrogens is 384 g/mol. The van der Waals surface area contributed by atoms with Gasteiger partial charge in [-0.05, 0) is 29.7 Å². The number of carbonyl (C=O) groups excluding carboxylic acids is 1. The molecule has 1 atom stereocenters. The van der Waals surface area contributed by atoms with Gasteiger partial charge in [0, 0.05) is 24.2 Å². The molecule has 2 heterocycles. The van der Waals surface area contributed by atoms with Gasteiger partial charge in [-0.15, -0.1) is 0 Å². The van der Waals surface area contributed by atoms with Crippen LogP contribution in [0, 0.1) is 0 Å². The van der Waals surface area contributed by atoms with Crippen LogP contribution in [0.25, 0.3) is 11.0 Å². The zero-order valence-corrected chi connectivity index (χ0v) is 16.0. The Balaban J connectivity index is 1.72. The van der Waals surface area contributed by atoms with E-state index in [0.29, 0.717) is 17.5 Å². The van der Waals surface area contributed by atoms with Gasteiger partial charge in [0.2, 0.25) is 5.28 Å². The van der Waals surface area contributed by atoms with E-state index in [-0.39, 0.29) is 30.2 Å². The van der Waals surface area contributed by atoms with E-state index < -0.39 is 12.4 Å². The van der Waals surface area contributed by atoms with Crippen molar-refractivity contribution >= 4 is 28.7 Å². The molecule has 3 N–H and O–H groups in total. The summed E-state index contributed by atoms with van der Waals surface area (Å²) in [5.74, 6) is 0. The van der Waals surface area contributed by atoms with Crippen LogP contribution in [0.3, 0.4) is 0 Å². The Hall–Kier alpha value is -2.68. The van der Waals surface area contributed by atoms with E-state index in [1.807, 2.05) is 37.3 Å². The van der Waals surface area contributed by atoms with Crippen LogP contribution >= 0.6 is 11.6 Å². The number of hydrogen-bond donors (Lipinski definition) is 3. The Bertz CT molecular complexity index is 946. The van der Waals surface area contributed by atoms with Gasteiger partial charge in [-0.3, -0.25) is 0 Å². The van der Waals surface area contributed by atoms with E-state index >= 15 is 0 Å². The van der Waals surface area contributed by atoms with E-state index in [1.54, 1.807) is 10.6 Å². The summed E-state index contributed by atoms with van der Waals surface area (Å²) >= 11 is 5.88. The monoisotopic (exact) mass is 404 g/mol. The number of alkyl carbamates (subject to hydrolysis) is 1. The molecule has 1 unspecified atom stereocenters. The SMILES string of the molecule is CCC(Cn1c(C(O)O)cc2cnc(Cl)nc21)NC(=O)OCc1ccccc1. The number of hydrogen-bond acceptors (Lipinski definition) is 6. The highest BCUT2D eigenvalue weighted by molar-refractivity contribution is 6.28. The van der Waals surface area contributed by atoms with E-state index in [1.165, 1.54) is 6.20 Å². The Morgan fingerprint density at radius 1 is 1.32 bits per heavy atom. The van der Waals surface area contributed by atoms with Gasteiger partial charge in [-0.25, -0.2) is 9.78 Å². The van der Waals surface area contributed by atoms with Gasteiger partial charge in [0.05, 0.1) is 5.69 Å². The molecule has 1 aromatic carbocycles. The van der Waals surface area contributed by atoms with Crippen LogP contribution in [0.2, 0.25) is 5.28 Å². The van der Waals surface area contributed by atoms with Crippen LogP contribution in [0.4, 0.5) is 4.79 Å². The zero-order valence-electron chi connectivity index (χ0n) is 15.2. The second kappa shape index (κ2) is 9.01. The highest BCUT2D eigenvalue weighted by Crippen LogP contribution is 2.23. The van der Waals surface area contributed by atoms with Gasteiger partial charge in [0.1, 0.15) is 12.3 Å². The minimum atomic E-state index is -1.70. The van der Waals surface area contributed by atoms with Gasteiger partial charge in [-0.2, -0.15) is 4.98 Å². The van der Waals surface area contributed by atoms with Crippen LogP contribution < -0.4 is 5.32 Å². The zero-order chi connectivity index (χ0) is 20.1. The number of nitrogens with one attached hydrogen (secondary N) is 1. The lowest BCUT2D eigenvalue weighted by Gasteiger charge is -2.20. The average molecular weight is 405 g/mol. The predicted octanol–water partition coefficient (Wildman–Crippen LogP) is 2.77. The standard InChI is InChI=1S/C19H21ClN4O4/c1-2-14(22-19(27)28-11-12-6-4-3-5-7-12)10-24-15(17(25)26)8-13-9-21-18(20)23-16(13)24/h3-9,14,17,25-26H,2,10-11H2,1H3,(H,22,27). The molecule has 0 radical (unpaired) electrons. The Labute approximate surface area is 166 Å². The molecule has 0 bridgehead atoms. The van der Waals surface area contributed by atoms with Crippen molar-refractivity contribution in [2.75, 3.05) is 0 Å². The molecule has 9 heteroatoms. The van der Waals surface area contributed by atoms with Crippen LogP contribution in [0.1, 0.15) is 30.9 Å². The highest BCUT2D eigenvalue weighted by atomic mass is 35.5. The summed E-state index contributed by atoms with van der Waals surface area (Å²) in [5.41, 5.74) is 1.59. The number of fused-ring (bicyclic) bond motifs is 1. The number of aliphatic hydroxyl groups is 2. The van der Waals surface area contributed by atoms with Gasteiger partial charge in [-0.1, -0.05) is 37.3 Å². The van der Waals surface area contributed by atoms with Crippen molar-refractivity contribution < 1.29 is 19.7 Å². The minimum Gasteiger partial charge on any atom is -0.445 e. The molecule has 0 saturated carbocycles. The molecule has 0 fully saturated rings. The second-order valence-corrected chi connectivity index (χ2v) is 6.62. The number of carbonyl (C=O) groups is 1. The quantitative estimate of drug-likeness (QED) is 0.412. The summed E-state index contributed by atoms with van der Waals surface area (Å²) < 4.78 is 6.87. The van der Waals surface area contributed by atoms with Gasteiger partial charge >= 0.3 is 6.09 Å². The molecule has 148 valence electrons. The van der Waals surface area contributed by atoms with Crippen molar-refractivity contribution in [2.45, 2.75) is 38.8 Å². The third-order valence-electron chi connectivity index (χ3n) is 4.33. The van der Waals surface area contributed by atoms with Gasteiger partial charge in [0.15, 0.2) is 6.29 Å². The van der Waals surface area contributed by atoms with Crippen molar-refractivity contribution in [3.05, 3.63) is 59.1 Å². The predicted molar refractivity (Wildman–Crippen MR) is 104 cm³/mol. The molecule has 0 aliphatic heterocycles. The fourth-order valence-corrected chi connectivity index (χ4v) is 3.00. The number of ether oxygens (including phenoxy) is 1. The first-order valence-corrected chi connectivity index (χ1v) is 9.20. The summed E-state index contributed by atoms with van der Waals surface area (Å²) in [4.78, 5) is 20.2. The maximum Gasteiger partial charge on any atom is 0.407 e. The molecule has 28 heavy (non-hydrogen) atoms. The number of halogens is 1. The van der Waals surface area contributed by atoms with Crippen molar-refractivity contribution in [3.63, 3.8) is 0 Å². The molecule has 2 aromatic heterocycles. The molecule has 3 aromatic rings. The first-order chi connectivity index (χ1) is 13.5. The number of nitrogens with zero attached hydrogens (tertiary/aromatic N) is 3. The first kappa shape index (κ1) is 20.1. The number of aliphatic hydroxyl groups excluding tert-OH is 1. The van der Waals surface area contributed by atoms with Crippen molar-refractivity contribution in [3.8, 4) is 0 Å². The molecule has 0 aliphatic rings. The van der Waals surface area contributed by atoms with E-state index in [0.717, 1.165) is 5.56 Å². The third kappa shape index (κ3) is 4.78. The fourth-order valence-electron chi connectivity index (χ4n) is 2.87. The third-order valence-corrected chi connectivity index (χ3v) is 4.51. The van der Waals surface area contributed by atoms with E-state index in [9.17, 15) is 15.0 Å². The van der Waals surface area contributed by atoms with Crippen molar-refractivity contribution in [1.29, 1.82) is 0 Å². The summed E-state index contributed by atoms with van der Waals surface area (Å²) in [6.07, 6.45) is -0.142. The molecule has 0 spiro atoms. The summed E-state index contributed by atoms with van der Waals surface area (Å²) in [6, 6.07) is 10.6. The lowest BCUT2D eigenvalue weighted by Crippen LogP contribution is -2.38. The maximum atomic E-state index is 12.2. The molecular formula is C19H21ClN4O4. The molecule has 8 nitrogen and oxygen atoms in total. The van der Waals surface area contributed by atoms with Crippen LogP contribution in [0.15, 0.2) is 42.6 Å². The number of benzene rings is 1. The molecule has 1 amide bonds. The Morgan fingerprint density at radius 2 is 2.07 bits per heavy atom. The number of aromatic nitrogens is 3. The molecule has 0 aliphatic carbocycles. The largest absolute Gasteiger partial charge is 0.445 e. The number of amides is 1. The average Bonchev–Trinajstić information content (AvgIpc) is 3.04. The van der Waals surface area contributed by atoms with E-state index in [4.69, 9.17) is 16.3 Å². The Kier molecular flexibility index (Phi) is 6.45. The Morgan fingerprint density at radius 3 is 2.75 bits per heavy atom. The van der Waals surface area contributed by atoms with Crippen molar-refractivity contribution in [2.24, 2.45) is 0 Å². The topological polar surface area (TPSA) is 110 Å². The van der Waals surface area contributed by atoms with E-state index in [2.05, 4.69) is 15.3 Å². The van der Waals surface area contributed by atoms with Crippen molar-refractivity contribution in [1.82, 2.24) is 19.9 Å². The van der Waals surface area contributed by atoms with Crippen LogP contribution in [-0.2, 0) is 17.9 Å². The summed E-state index contributed by atoms with van der Waals surface area (Å²) in [7, 11) is 0. The summed E-state index contributed by atoms with van der Waals surface area (Å²) in [6.45, 7) is 2.34. The second-order valence-electron chi connectivity index (χ2n) is 6.28. The highest BCUT2D eigenvalue weighted by Gasteiger charge is 2.20. The van der Waals surface area contributed by atoms with Crippen LogP contribution in [-0.4, -0.2) is 36.9 Å². The minimum absolute atomic E-state index is 0.0501. The lowest BCUT2D eigenvalue weighted by atomic mass is 10.2. The normalized spacial score (nSPS) is 12.3. The maximum absolute atomic E-state index is 12.2. The van der Waals surface area contributed by atoms with Gasteiger partial charge in [0.25, 0.3) is 0 Å².